The van der Waals surface area contributed by atoms with E-state index in [0.29, 0.717) is 4.47 Å². The van der Waals surface area contributed by atoms with Crippen LogP contribution >= 0.6 is 15.9 Å². The summed E-state index contributed by atoms with van der Waals surface area (Å²) in [5, 5.41) is 28.8. The van der Waals surface area contributed by atoms with Crippen molar-refractivity contribution in [1.29, 1.82) is 10.5 Å². The largest absolute Gasteiger partial charge is 0.505 e. The number of halogens is 2. The summed E-state index contributed by atoms with van der Waals surface area (Å²) < 4.78 is 13.6. The van der Waals surface area contributed by atoms with Gasteiger partial charge in [-0.3, -0.25) is 0 Å². The first-order chi connectivity index (χ1) is 7.60. The maximum atomic E-state index is 13.3. The molecule has 1 aromatic rings. The number of hydrogen-bond donors (Lipinski definition) is 2. The van der Waals surface area contributed by atoms with Crippen molar-refractivity contribution >= 4 is 21.6 Å². The second-order valence-corrected chi connectivity index (χ2v) is 3.53. The van der Waals surface area contributed by atoms with Gasteiger partial charge in [0, 0.05) is 6.20 Å². The van der Waals surface area contributed by atoms with Gasteiger partial charge in [-0.15, -0.1) is 0 Å². The van der Waals surface area contributed by atoms with E-state index in [0.717, 1.165) is 12.3 Å². The minimum atomic E-state index is -0.688. The van der Waals surface area contributed by atoms with Crippen LogP contribution in [0.3, 0.4) is 0 Å². The van der Waals surface area contributed by atoms with Crippen molar-refractivity contribution in [3.63, 3.8) is 0 Å². The normalized spacial score (nSPS) is 8.75. The van der Waals surface area contributed by atoms with E-state index in [1.807, 2.05) is 0 Å². The summed E-state index contributed by atoms with van der Waals surface area (Å²) >= 11 is 3.01. The fourth-order valence-electron chi connectivity index (χ4n) is 0.912. The number of rotatable bonds is 2. The number of phenolic OH excluding ortho intramolecular Hbond substituents is 1. The van der Waals surface area contributed by atoms with E-state index in [1.54, 1.807) is 12.1 Å². The van der Waals surface area contributed by atoms with Crippen LogP contribution in [0.2, 0.25) is 0 Å². The molecule has 2 N–H and O–H groups in total. The predicted molar refractivity (Wildman–Crippen MR) is 58.7 cm³/mol. The lowest BCUT2D eigenvalue weighted by Gasteiger charge is -2.06. The zero-order valence-corrected chi connectivity index (χ0v) is 9.42. The number of allylic oxidation sites excluding steroid dienone is 1. The van der Waals surface area contributed by atoms with Crippen molar-refractivity contribution in [2.24, 2.45) is 0 Å². The number of nitrogens with one attached hydrogen (secondary N) is 1. The van der Waals surface area contributed by atoms with Crippen LogP contribution in [-0.4, -0.2) is 5.11 Å². The maximum Gasteiger partial charge on any atom is 0.156 e. The van der Waals surface area contributed by atoms with Gasteiger partial charge in [0.15, 0.2) is 11.6 Å². The van der Waals surface area contributed by atoms with Gasteiger partial charge in [-0.1, -0.05) is 0 Å². The molecule has 0 bridgehead atoms. The smallest absolute Gasteiger partial charge is 0.156 e. The molecule has 0 radical (unpaired) electrons. The third-order valence-corrected chi connectivity index (χ3v) is 2.32. The average molecular weight is 282 g/mol. The van der Waals surface area contributed by atoms with Crippen molar-refractivity contribution < 1.29 is 9.50 Å². The number of aromatic hydroxyl groups is 1. The number of anilines is 1. The molecule has 6 heteroatoms. The van der Waals surface area contributed by atoms with Crippen molar-refractivity contribution in [2.45, 2.75) is 0 Å². The molecule has 0 aliphatic carbocycles. The quantitative estimate of drug-likeness (QED) is 0.645. The van der Waals surface area contributed by atoms with Crippen molar-refractivity contribution in [3.8, 4) is 17.9 Å². The van der Waals surface area contributed by atoms with E-state index in [2.05, 4.69) is 21.2 Å². The first-order valence-electron chi connectivity index (χ1n) is 4.04. The Kier molecular flexibility index (Phi) is 3.87. The highest BCUT2D eigenvalue weighted by Gasteiger charge is 2.10. The van der Waals surface area contributed by atoms with E-state index >= 15 is 0 Å². The molecule has 1 aromatic carbocycles. The lowest BCUT2D eigenvalue weighted by molar-refractivity contribution is 0.469. The summed E-state index contributed by atoms with van der Waals surface area (Å²) in [6, 6.07) is 5.67. The summed E-state index contributed by atoms with van der Waals surface area (Å²) in [7, 11) is 0. The molecule has 0 saturated carbocycles. The molecular weight excluding hydrogens is 277 g/mol. The van der Waals surface area contributed by atoms with Gasteiger partial charge in [-0.05, 0) is 28.1 Å². The predicted octanol–water partition coefficient (Wildman–Crippen LogP) is 2.64. The van der Waals surface area contributed by atoms with Crippen LogP contribution in [0.1, 0.15) is 0 Å². The van der Waals surface area contributed by atoms with Crippen molar-refractivity contribution in [2.75, 3.05) is 5.32 Å². The molecule has 0 spiro atoms. The molecule has 0 aliphatic heterocycles. The third-order valence-electron chi connectivity index (χ3n) is 1.68. The Bertz CT molecular complexity index is 512. The van der Waals surface area contributed by atoms with Gasteiger partial charge in [-0.2, -0.15) is 10.5 Å². The van der Waals surface area contributed by atoms with Gasteiger partial charge in [0.2, 0.25) is 0 Å². The van der Waals surface area contributed by atoms with Crippen molar-refractivity contribution in [1.82, 2.24) is 0 Å². The molecule has 16 heavy (non-hydrogen) atoms. The molecule has 0 unspecified atom stereocenters. The summed E-state index contributed by atoms with van der Waals surface area (Å²) in [6.07, 6.45) is 1.02. The Hall–Kier alpha value is -2.05. The molecule has 0 fully saturated rings. The molecule has 0 amide bonds. The summed E-state index contributed by atoms with van der Waals surface area (Å²) in [4.78, 5) is 0. The minimum Gasteiger partial charge on any atom is -0.505 e. The van der Waals surface area contributed by atoms with Gasteiger partial charge in [0.1, 0.15) is 23.4 Å². The Morgan fingerprint density at radius 2 is 2.06 bits per heavy atom. The van der Waals surface area contributed by atoms with Crippen LogP contribution in [0.25, 0.3) is 0 Å². The summed E-state index contributed by atoms with van der Waals surface area (Å²) in [5.41, 5.74) is -0.420. The highest BCUT2D eigenvalue weighted by molar-refractivity contribution is 9.10. The number of phenols is 1. The van der Waals surface area contributed by atoms with Gasteiger partial charge in [0.25, 0.3) is 0 Å². The van der Waals surface area contributed by atoms with Crippen LogP contribution < -0.4 is 5.32 Å². The molecule has 4 nitrogen and oxygen atoms in total. The zero-order chi connectivity index (χ0) is 12.1. The van der Waals surface area contributed by atoms with Crippen LogP contribution in [0, 0.1) is 28.5 Å². The van der Waals surface area contributed by atoms with Crippen molar-refractivity contribution in [3.05, 3.63) is 34.2 Å². The minimum absolute atomic E-state index is 0.197. The SMILES string of the molecule is N#CC(C#N)=CNc1c(F)ccc(Br)c1O. The number of nitrogens with zero attached hydrogens (tertiary/aromatic N) is 2. The molecule has 0 saturated heterocycles. The Morgan fingerprint density at radius 3 is 2.62 bits per heavy atom. The van der Waals surface area contributed by atoms with Crippen LogP contribution in [0.15, 0.2) is 28.4 Å². The maximum absolute atomic E-state index is 13.3. The molecule has 0 heterocycles. The van der Waals surface area contributed by atoms with Gasteiger partial charge in [-0.25, -0.2) is 4.39 Å². The summed E-state index contributed by atoms with van der Waals surface area (Å²) in [6.45, 7) is 0. The van der Waals surface area contributed by atoms with Gasteiger partial charge in [0.05, 0.1) is 4.47 Å². The van der Waals surface area contributed by atoms with Gasteiger partial charge < -0.3 is 10.4 Å². The molecule has 0 aromatic heterocycles. The first kappa shape index (κ1) is 12.0. The van der Waals surface area contributed by atoms with Crippen LogP contribution in [-0.2, 0) is 0 Å². The molecule has 1 rings (SSSR count). The Morgan fingerprint density at radius 1 is 1.44 bits per heavy atom. The van der Waals surface area contributed by atoms with Crippen LogP contribution in [0.4, 0.5) is 10.1 Å². The second-order valence-electron chi connectivity index (χ2n) is 2.68. The monoisotopic (exact) mass is 281 g/mol. The molecule has 80 valence electrons. The van der Waals surface area contributed by atoms with E-state index in [9.17, 15) is 9.50 Å². The van der Waals surface area contributed by atoms with Crippen LogP contribution in [0.5, 0.6) is 5.75 Å². The highest BCUT2D eigenvalue weighted by atomic mass is 79.9. The van der Waals surface area contributed by atoms with E-state index in [-0.39, 0.29) is 17.0 Å². The Balaban J connectivity index is 3.09. The van der Waals surface area contributed by atoms with E-state index in [4.69, 9.17) is 10.5 Å². The molecular formula is C10H5BrFN3O. The topological polar surface area (TPSA) is 79.8 Å². The number of nitriles is 2. The van der Waals surface area contributed by atoms with Gasteiger partial charge >= 0.3 is 0 Å². The fraction of sp³-hybridized carbons (Fsp3) is 0. The standard InChI is InChI=1S/C10H5BrFN3O/c11-7-1-2-8(12)9(10(7)16)15-5-6(3-13)4-14/h1-2,5,15-16H. The summed E-state index contributed by atoms with van der Waals surface area (Å²) in [5.74, 6) is -1.02. The zero-order valence-electron chi connectivity index (χ0n) is 7.83. The second kappa shape index (κ2) is 5.15. The lowest BCUT2D eigenvalue weighted by atomic mass is 10.2. The first-order valence-corrected chi connectivity index (χ1v) is 4.83. The molecule has 0 atom stereocenters. The number of benzene rings is 1. The lowest BCUT2D eigenvalue weighted by Crippen LogP contribution is -1.94. The van der Waals surface area contributed by atoms with E-state index in [1.165, 1.54) is 6.07 Å². The third kappa shape index (κ3) is 2.50. The average Bonchev–Trinajstić information content (AvgIpc) is 2.29. The van der Waals surface area contributed by atoms with E-state index < -0.39 is 5.82 Å². The number of hydrogen-bond acceptors (Lipinski definition) is 4. The Labute approximate surface area is 99.4 Å². The fourth-order valence-corrected chi connectivity index (χ4v) is 1.24. The highest BCUT2D eigenvalue weighted by Crippen LogP contribution is 2.34. The molecule has 0 aliphatic rings.